The van der Waals surface area contributed by atoms with Crippen molar-refractivity contribution in [3.05, 3.63) is 60.3 Å². The number of aromatic amines is 2. The predicted molar refractivity (Wildman–Crippen MR) is 119 cm³/mol. The van der Waals surface area contributed by atoms with Crippen molar-refractivity contribution >= 4 is 11.0 Å². The zero-order chi connectivity index (χ0) is 19.9. The zero-order valence-electron chi connectivity index (χ0n) is 16.9. The molecule has 2 aliphatic heterocycles. The quantitative estimate of drug-likeness (QED) is 0.409. The first-order chi connectivity index (χ1) is 14.8. The molecule has 6 rings (SSSR count). The smallest absolute Gasteiger partial charge is 0.124 e. The molecule has 0 bridgehead atoms. The van der Waals surface area contributed by atoms with Gasteiger partial charge in [-0.25, -0.2) is 9.97 Å². The third-order valence-corrected chi connectivity index (χ3v) is 6.44. The van der Waals surface area contributed by atoms with Crippen molar-refractivity contribution in [2.75, 3.05) is 13.1 Å². The molecule has 0 unspecified atom stereocenters. The minimum absolute atomic E-state index is 0.353. The molecule has 4 heterocycles. The Morgan fingerprint density at radius 2 is 1.63 bits per heavy atom. The topological polar surface area (TPSA) is 81.4 Å². The number of hydrogen-bond donors (Lipinski definition) is 4. The molecule has 0 aliphatic carbocycles. The average molecular weight is 399 g/mol. The van der Waals surface area contributed by atoms with Gasteiger partial charge in [0.25, 0.3) is 0 Å². The van der Waals surface area contributed by atoms with E-state index in [-0.39, 0.29) is 0 Å². The molecule has 2 aromatic heterocycles. The van der Waals surface area contributed by atoms with Gasteiger partial charge in [0.15, 0.2) is 0 Å². The summed E-state index contributed by atoms with van der Waals surface area (Å²) in [5, 5.41) is 7.10. The molecule has 0 saturated carbocycles. The van der Waals surface area contributed by atoms with Gasteiger partial charge >= 0.3 is 0 Å². The number of aromatic nitrogens is 4. The normalized spacial score (nSPS) is 21.6. The summed E-state index contributed by atoms with van der Waals surface area (Å²) in [7, 11) is 0. The van der Waals surface area contributed by atoms with Crippen LogP contribution in [0.4, 0.5) is 0 Å². The van der Waals surface area contributed by atoms with E-state index in [0.717, 1.165) is 54.0 Å². The fraction of sp³-hybridized carbons (Fsp3) is 0.333. The highest BCUT2D eigenvalue weighted by Gasteiger charge is 2.22. The van der Waals surface area contributed by atoms with Gasteiger partial charge in [-0.2, -0.15) is 0 Å². The lowest BCUT2D eigenvalue weighted by Crippen LogP contribution is -2.14. The van der Waals surface area contributed by atoms with Crippen LogP contribution >= 0.6 is 0 Å². The van der Waals surface area contributed by atoms with Crippen molar-refractivity contribution in [2.24, 2.45) is 0 Å². The molecule has 0 spiro atoms. The lowest BCUT2D eigenvalue weighted by atomic mass is 9.99. The molecule has 152 valence electrons. The van der Waals surface area contributed by atoms with E-state index in [4.69, 9.17) is 4.98 Å². The molecule has 2 atom stereocenters. The van der Waals surface area contributed by atoms with Crippen LogP contribution in [0.15, 0.2) is 48.8 Å². The van der Waals surface area contributed by atoms with Crippen LogP contribution in [-0.2, 0) is 0 Å². The highest BCUT2D eigenvalue weighted by atomic mass is 15.0. The van der Waals surface area contributed by atoms with Crippen LogP contribution < -0.4 is 10.6 Å². The second kappa shape index (κ2) is 7.38. The standard InChI is InChI=1S/C24H26N6/c1-4-15(12-17(5-1)22-23(28-14-27-22)19-6-2-10-25-19)16-8-9-18-21(13-16)30-24(29-18)20-7-3-11-26-20/h1,4-5,8-9,12-14,19-20,25-26H,2-3,6-7,10-11H2,(H,27,28)(H,29,30)/t19-,20-/m0/s1. The Morgan fingerprint density at radius 1 is 0.833 bits per heavy atom. The minimum atomic E-state index is 0.353. The largest absolute Gasteiger partial charge is 0.347 e. The number of hydrogen-bond acceptors (Lipinski definition) is 4. The lowest BCUT2D eigenvalue weighted by molar-refractivity contribution is 0.614. The fourth-order valence-corrected chi connectivity index (χ4v) is 4.87. The van der Waals surface area contributed by atoms with Crippen LogP contribution in [0.1, 0.15) is 49.3 Å². The molecule has 0 amide bonds. The van der Waals surface area contributed by atoms with Crippen molar-refractivity contribution in [2.45, 2.75) is 37.8 Å². The van der Waals surface area contributed by atoms with Crippen molar-refractivity contribution in [1.82, 2.24) is 30.6 Å². The SMILES string of the molecule is c1cc(-c2ccc3[nH]c([C@@H]4CCCN4)nc3c2)cc(-c2nc[nH]c2[C@@H]2CCCN2)c1. The maximum absolute atomic E-state index is 4.88. The second-order valence-corrected chi connectivity index (χ2v) is 8.40. The summed E-state index contributed by atoms with van der Waals surface area (Å²) >= 11 is 0. The van der Waals surface area contributed by atoms with Gasteiger partial charge < -0.3 is 20.6 Å². The Bertz CT molecular complexity index is 1180. The highest BCUT2D eigenvalue weighted by Crippen LogP contribution is 2.33. The molecule has 6 heteroatoms. The predicted octanol–water partition coefficient (Wildman–Crippen LogP) is 4.47. The molecule has 0 radical (unpaired) electrons. The highest BCUT2D eigenvalue weighted by molar-refractivity contribution is 5.83. The molecule has 4 N–H and O–H groups in total. The minimum Gasteiger partial charge on any atom is -0.347 e. The van der Waals surface area contributed by atoms with Crippen molar-refractivity contribution in [3.8, 4) is 22.4 Å². The first-order valence-corrected chi connectivity index (χ1v) is 11.0. The van der Waals surface area contributed by atoms with Crippen molar-refractivity contribution in [3.63, 3.8) is 0 Å². The van der Waals surface area contributed by atoms with Gasteiger partial charge in [0.1, 0.15) is 5.82 Å². The van der Waals surface area contributed by atoms with E-state index in [0.29, 0.717) is 12.1 Å². The molecule has 4 aromatic rings. The maximum atomic E-state index is 4.88. The van der Waals surface area contributed by atoms with E-state index in [1.807, 2.05) is 6.33 Å². The molecular formula is C24H26N6. The van der Waals surface area contributed by atoms with Gasteiger partial charge in [0, 0.05) is 11.6 Å². The molecule has 6 nitrogen and oxygen atoms in total. The Hall–Kier alpha value is -2.96. The summed E-state index contributed by atoms with van der Waals surface area (Å²) in [6.07, 6.45) is 6.54. The van der Waals surface area contributed by atoms with E-state index < -0.39 is 0 Å². The summed E-state index contributed by atoms with van der Waals surface area (Å²) in [6.45, 7) is 2.15. The number of rotatable bonds is 4. The van der Waals surface area contributed by atoms with Gasteiger partial charge in [-0.05, 0) is 68.1 Å². The summed E-state index contributed by atoms with van der Waals surface area (Å²) in [4.78, 5) is 16.4. The van der Waals surface area contributed by atoms with Gasteiger partial charge in [0.2, 0.25) is 0 Å². The maximum Gasteiger partial charge on any atom is 0.124 e. The van der Waals surface area contributed by atoms with Gasteiger partial charge in [-0.15, -0.1) is 0 Å². The number of fused-ring (bicyclic) bond motifs is 1. The molecule has 30 heavy (non-hydrogen) atoms. The van der Waals surface area contributed by atoms with Crippen LogP contribution in [0.5, 0.6) is 0 Å². The zero-order valence-corrected chi connectivity index (χ0v) is 16.9. The Balaban J connectivity index is 1.35. The van der Waals surface area contributed by atoms with E-state index in [1.54, 1.807) is 0 Å². The summed E-state index contributed by atoms with van der Waals surface area (Å²) in [6, 6.07) is 15.9. The first-order valence-electron chi connectivity index (χ1n) is 11.0. The summed E-state index contributed by atoms with van der Waals surface area (Å²) in [5.41, 5.74) is 7.88. The monoisotopic (exact) mass is 398 g/mol. The average Bonchev–Trinajstić information content (AvgIpc) is 3.58. The van der Waals surface area contributed by atoms with E-state index in [1.165, 1.54) is 29.7 Å². The molecule has 2 fully saturated rings. The third-order valence-electron chi connectivity index (χ3n) is 6.44. The second-order valence-electron chi connectivity index (χ2n) is 8.40. The van der Waals surface area contributed by atoms with Crippen molar-refractivity contribution < 1.29 is 0 Å². The number of benzene rings is 2. The Labute approximate surface area is 175 Å². The fourth-order valence-electron chi connectivity index (χ4n) is 4.87. The number of nitrogens with one attached hydrogen (secondary N) is 4. The third kappa shape index (κ3) is 3.13. The number of nitrogens with zero attached hydrogens (tertiary/aromatic N) is 2. The lowest BCUT2D eigenvalue weighted by Gasteiger charge is -2.11. The summed E-state index contributed by atoms with van der Waals surface area (Å²) < 4.78 is 0. The van der Waals surface area contributed by atoms with Crippen LogP contribution in [0.25, 0.3) is 33.4 Å². The molecule has 2 saturated heterocycles. The van der Waals surface area contributed by atoms with E-state index in [2.05, 4.69) is 68.1 Å². The van der Waals surface area contributed by atoms with Gasteiger partial charge in [0.05, 0.1) is 34.8 Å². The van der Waals surface area contributed by atoms with E-state index in [9.17, 15) is 0 Å². The van der Waals surface area contributed by atoms with Gasteiger partial charge in [-0.1, -0.05) is 24.3 Å². The number of imidazole rings is 2. The van der Waals surface area contributed by atoms with Crippen LogP contribution in [-0.4, -0.2) is 33.0 Å². The van der Waals surface area contributed by atoms with Crippen LogP contribution in [0.2, 0.25) is 0 Å². The molecule has 2 aromatic carbocycles. The van der Waals surface area contributed by atoms with Gasteiger partial charge in [-0.3, -0.25) is 0 Å². The molecule has 2 aliphatic rings. The Kier molecular flexibility index (Phi) is 4.39. The van der Waals surface area contributed by atoms with Crippen LogP contribution in [0, 0.1) is 0 Å². The van der Waals surface area contributed by atoms with Crippen LogP contribution in [0.3, 0.4) is 0 Å². The first kappa shape index (κ1) is 17.9. The molecular weight excluding hydrogens is 372 g/mol. The van der Waals surface area contributed by atoms with Crippen molar-refractivity contribution in [1.29, 1.82) is 0 Å². The summed E-state index contributed by atoms with van der Waals surface area (Å²) in [5.74, 6) is 1.05. The Morgan fingerprint density at radius 3 is 2.47 bits per heavy atom. The van der Waals surface area contributed by atoms with E-state index >= 15 is 0 Å². The number of H-pyrrole nitrogens is 2.